The molecule has 1 rings (SSSR count). The molecule has 5 nitrogen and oxygen atoms in total. The van der Waals surface area contributed by atoms with Gasteiger partial charge in [0.2, 0.25) is 5.91 Å². The molecule has 0 aliphatic rings. The quantitative estimate of drug-likeness (QED) is 0.714. The minimum atomic E-state index is -0.188. The van der Waals surface area contributed by atoms with Crippen molar-refractivity contribution in [3.8, 4) is 11.5 Å². The summed E-state index contributed by atoms with van der Waals surface area (Å²) in [6.45, 7) is 1.76. The first-order chi connectivity index (χ1) is 7.52. The van der Waals surface area contributed by atoms with Gasteiger partial charge in [-0.3, -0.25) is 4.79 Å². The Labute approximate surface area is 94.2 Å². The Bertz CT molecular complexity index is 377. The van der Waals surface area contributed by atoms with Crippen molar-refractivity contribution in [2.75, 3.05) is 12.4 Å². The number of carbonyl (C=O) groups is 1. The minimum absolute atomic E-state index is 0.0129. The highest BCUT2D eigenvalue weighted by molar-refractivity contribution is 5.91. The summed E-state index contributed by atoms with van der Waals surface area (Å²) < 4.78 is 4.89. The lowest BCUT2D eigenvalue weighted by Crippen LogP contribution is -2.23. The first kappa shape index (κ1) is 12.3. The Kier molecular flexibility index (Phi) is 4.13. The van der Waals surface area contributed by atoms with Crippen LogP contribution in [0.15, 0.2) is 18.2 Å². The molecule has 0 radical (unpaired) electrons. The van der Waals surface area contributed by atoms with Crippen LogP contribution in [0.4, 0.5) is 5.69 Å². The van der Waals surface area contributed by atoms with Crippen molar-refractivity contribution < 1.29 is 14.6 Å². The van der Waals surface area contributed by atoms with Gasteiger partial charge in [-0.2, -0.15) is 0 Å². The Morgan fingerprint density at radius 3 is 2.81 bits per heavy atom. The van der Waals surface area contributed by atoms with E-state index >= 15 is 0 Å². The van der Waals surface area contributed by atoms with Crippen molar-refractivity contribution in [3.05, 3.63) is 18.2 Å². The number of ether oxygens (including phenoxy) is 1. The number of nitrogens with two attached hydrogens (primary N) is 1. The van der Waals surface area contributed by atoms with Crippen molar-refractivity contribution >= 4 is 11.6 Å². The normalized spacial score (nSPS) is 11.9. The van der Waals surface area contributed by atoms with E-state index in [0.717, 1.165) is 0 Å². The molecule has 0 aromatic heterocycles. The van der Waals surface area contributed by atoms with E-state index in [-0.39, 0.29) is 24.1 Å². The van der Waals surface area contributed by atoms with Crippen LogP contribution in [0.1, 0.15) is 13.3 Å². The Balaban J connectivity index is 2.68. The molecule has 88 valence electrons. The van der Waals surface area contributed by atoms with Crippen LogP contribution in [-0.2, 0) is 4.79 Å². The highest BCUT2D eigenvalue weighted by Crippen LogP contribution is 2.28. The maximum atomic E-state index is 11.4. The van der Waals surface area contributed by atoms with Gasteiger partial charge in [-0.25, -0.2) is 0 Å². The van der Waals surface area contributed by atoms with Crippen LogP contribution in [0.25, 0.3) is 0 Å². The predicted molar refractivity (Wildman–Crippen MR) is 61.6 cm³/mol. The Morgan fingerprint density at radius 1 is 1.62 bits per heavy atom. The number of phenols is 1. The highest BCUT2D eigenvalue weighted by atomic mass is 16.5. The topological polar surface area (TPSA) is 84.6 Å². The van der Waals surface area contributed by atoms with Gasteiger partial charge in [0.15, 0.2) is 11.5 Å². The number of hydrogen-bond acceptors (Lipinski definition) is 4. The number of carbonyl (C=O) groups excluding carboxylic acids is 1. The van der Waals surface area contributed by atoms with Crippen LogP contribution in [-0.4, -0.2) is 24.2 Å². The molecule has 1 aromatic rings. The summed E-state index contributed by atoms with van der Waals surface area (Å²) in [5.41, 5.74) is 6.01. The number of phenolic OH excluding ortho intramolecular Hbond substituents is 1. The van der Waals surface area contributed by atoms with Crippen LogP contribution in [0.5, 0.6) is 11.5 Å². The van der Waals surface area contributed by atoms with E-state index in [4.69, 9.17) is 10.5 Å². The molecule has 4 N–H and O–H groups in total. The average Bonchev–Trinajstić information content (AvgIpc) is 2.16. The molecular formula is C11H16N2O3. The van der Waals surface area contributed by atoms with Crippen LogP contribution < -0.4 is 15.8 Å². The molecule has 0 spiro atoms. The zero-order chi connectivity index (χ0) is 12.1. The average molecular weight is 224 g/mol. The molecule has 0 aliphatic heterocycles. The van der Waals surface area contributed by atoms with Gasteiger partial charge >= 0.3 is 0 Å². The van der Waals surface area contributed by atoms with Crippen LogP contribution in [0.2, 0.25) is 0 Å². The van der Waals surface area contributed by atoms with E-state index < -0.39 is 0 Å². The SMILES string of the molecule is COc1ccc(NC(=O)CC(C)N)cc1O. The van der Waals surface area contributed by atoms with E-state index in [1.54, 1.807) is 19.1 Å². The molecule has 1 unspecified atom stereocenters. The molecule has 1 atom stereocenters. The van der Waals surface area contributed by atoms with Crippen LogP contribution >= 0.6 is 0 Å². The summed E-state index contributed by atoms with van der Waals surface area (Å²) in [7, 11) is 1.46. The van der Waals surface area contributed by atoms with Crippen LogP contribution in [0.3, 0.4) is 0 Å². The van der Waals surface area contributed by atoms with Gasteiger partial charge in [-0.05, 0) is 19.1 Å². The van der Waals surface area contributed by atoms with Crippen molar-refractivity contribution in [1.29, 1.82) is 0 Å². The smallest absolute Gasteiger partial charge is 0.225 e. The van der Waals surface area contributed by atoms with Gasteiger partial charge in [0.25, 0.3) is 0 Å². The fourth-order valence-electron chi connectivity index (χ4n) is 1.27. The number of nitrogens with one attached hydrogen (secondary N) is 1. The largest absolute Gasteiger partial charge is 0.504 e. The maximum absolute atomic E-state index is 11.4. The van der Waals surface area contributed by atoms with E-state index in [2.05, 4.69) is 5.32 Å². The standard InChI is InChI=1S/C11H16N2O3/c1-7(12)5-11(15)13-8-3-4-10(16-2)9(14)6-8/h3-4,6-7,14H,5,12H2,1-2H3,(H,13,15). The van der Waals surface area contributed by atoms with Gasteiger partial charge in [-0.15, -0.1) is 0 Å². The lowest BCUT2D eigenvalue weighted by molar-refractivity contribution is -0.116. The summed E-state index contributed by atoms with van der Waals surface area (Å²) in [4.78, 5) is 11.4. The molecule has 0 bridgehead atoms. The summed E-state index contributed by atoms with van der Waals surface area (Å²) in [5.74, 6) is 0.172. The second-order valence-electron chi connectivity index (χ2n) is 3.62. The van der Waals surface area contributed by atoms with Crippen molar-refractivity contribution in [3.63, 3.8) is 0 Å². The molecule has 16 heavy (non-hydrogen) atoms. The van der Waals surface area contributed by atoms with Crippen molar-refractivity contribution in [2.24, 2.45) is 5.73 Å². The number of aromatic hydroxyl groups is 1. The third-order valence-electron chi connectivity index (χ3n) is 1.97. The third-order valence-corrected chi connectivity index (χ3v) is 1.97. The maximum Gasteiger partial charge on any atom is 0.225 e. The fraction of sp³-hybridized carbons (Fsp3) is 0.364. The van der Waals surface area contributed by atoms with Gasteiger partial charge in [-0.1, -0.05) is 0 Å². The lowest BCUT2D eigenvalue weighted by Gasteiger charge is -2.09. The van der Waals surface area contributed by atoms with Gasteiger partial charge in [0, 0.05) is 24.2 Å². The second kappa shape index (κ2) is 5.37. The first-order valence-corrected chi connectivity index (χ1v) is 4.95. The Hall–Kier alpha value is -1.75. The number of anilines is 1. The van der Waals surface area contributed by atoms with Crippen molar-refractivity contribution in [1.82, 2.24) is 0 Å². The first-order valence-electron chi connectivity index (χ1n) is 4.95. The molecule has 1 amide bonds. The zero-order valence-electron chi connectivity index (χ0n) is 9.36. The predicted octanol–water partition coefficient (Wildman–Crippen LogP) is 1.08. The van der Waals surface area contributed by atoms with E-state index in [9.17, 15) is 9.90 Å². The molecule has 0 heterocycles. The highest BCUT2D eigenvalue weighted by Gasteiger charge is 2.07. The molecule has 0 aliphatic carbocycles. The minimum Gasteiger partial charge on any atom is -0.504 e. The fourth-order valence-corrected chi connectivity index (χ4v) is 1.27. The van der Waals surface area contributed by atoms with Crippen LogP contribution in [0, 0.1) is 0 Å². The molecule has 0 saturated heterocycles. The van der Waals surface area contributed by atoms with E-state index in [1.165, 1.54) is 13.2 Å². The lowest BCUT2D eigenvalue weighted by atomic mass is 10.2. The van der Waals surface area contributed by atoms with Gasteiger partial charge in [0.05, 0.1) is 7.11 Å². The third kappa shape index (κ3) is 3.43. The molecule has 5 heteroatoms. The monoisotopic (exact) mass is 224 g/mol. The van der Waals surface area contributed by atoms with E-state index in [0.29, 0.717) is 11.4 Å². The zero-order valence-corrected chi connectivity index (χ0v) is 9.36. The summed E-state index contributed by atoms with van der Waals surface area (Å²) >= 11 is 0. The summed E-state index contributed by atoms with van der Waals surface area (Å²) in [6, 6.07) is 4.47. The number of amides is 1. The molecule has 0 saturated carbocycles. The van der Waals surface area contributed by atoms with Crippen molar-refractivity contribution in [2.45, 2.75) is 19.4 Å². The number of rotatable bonds is 4. The van der Waals surface area contributed by atoms with Gasteiger partial charge in [0.1, 0.15) is 0 Å². The molecule has 1 aromatic carbocycles. The van der Waals surface area contributed by atoms with E-state index in [1.807, 2.05) is 0 Å². The number of hydrogen-bond donors (Lipinski definition) is 3. The van der Waals surface area contributed by atoms with Gasteiger partial charge < -0.3 is 20.9 Å². The Morgan fingerprint density at radius 2 is 2.31 bits per heavy atom. The summed E-state index contributed by atoms with van der Waals surface area (Å²) in [6.07, 6.45) is 0.243. The number of methoxy groups -OCH3 is 1. The molecule has 0 fully saturated rings. The molecular weight excluding hydrogens is 208 g/mol. The summed E-state index contributed by atoms with van der Waals surface area (Å²) in [5, 5.41) is 12.1. The number of benzene rings is 1. The second-order valence-corrected chi connectivity index (χ2v) is 3.62.